The lowest BCUT2D eigenvalue weighted by atomic mass is 9.66. The molecule has 0 aliphatic carbocycles. The van der Waals surface area contributed by atoms with E-state index in [1.165, 1.54) is 50.3 Å². The Morgan fingerprint density at radius 2 is 1.60 bits per heavy atom. The predicted molar refractivity (Wildman–Crippen MR) is 172 cm³/mol. The van der Waals surface area contributed by atoms with Crippen molar-refractivity contribution in [2.75, 3.05) is 34.2 Å². The van der Waals surface area contributed by atoms with Crippen LogP contribution in [0.2, 0.25) is 18.1 Å². The lowest BCUT2D eigenvalue weighted by Gasteiger charge is -2.43. The van der Waals surface area contributed by atoms with E-state index in [2.05, 4.69) is 59.0 Å². The summed E-state index contributed by atoms with van der Waals surface area (Å²) in [5, 5.41) is 0.278. The molecular formula is C35H54O6Si. The van der Waals surface area contributed by atoms with E-state index in [9.17, 15) is 4.79 Å². The molecular weight excluding hydrogens is 544 g/mol. The number of unbranched alkanes of at least 4 members (excludes halogenated alkanes) is 6. The minimum absolute atomic E-state index is 0.204. The molecule has 0 amide bonds. The van der Waals surface area contributed by atoms with Gasteiger partial charge in [0.25, 0.3) is 0 Å². The maximum atomic E-state index is 12.0. The molecule has 2 unspecified atom stereocenters. The first-order valence-electron chi connectivity index (χ1n) is 15.6. The summed E-state index contributed by atoms with van der Waals surface area (Å²) in [6, 6.07) is 14.0. The second-order valence-corrected chi connectivity index (χ2v) is 18.3. The van der Waals surface area contributed by atoms with Crippen LogP contribution in [0.15, 0.2) is 42.5 Å². The fourth-order valence-corrected chi connectivity index (χ4v) is 6.65. The van der Waals surface area contributed by atoms with Crippen molar-refractivity contribution < 1.29 is 28.2 Å². The van der Waals surface area contributed by atoms with Gasteiger partial charge in [-0.25, -0.2) is 4.79 Å². The van der Waals surface area contributed by atoms with Gasteiger partial charge < -0.3 is 23.4 Å². The van der Waals surface area contributed by atoms with Crippen molar-refractivity contribution in [3.8, 4) is 11.5 Å². The number of methoxy groups -OCH3 is 2. The fraction of sp³-hybridized carbons (Fsp3) is 0.629. The fourth-order valence-electron chi connectivity index (χ4n) is 5.56. The molecule has 0 saturated heterocycles. The van der Waals surface area contributed by atoms with Crippen LogP contribution in [0.5, 0.6) is 11.5 Å². The molecule has 42 heavy (non-hydrogen) atoms. The van der Waals surface area contributed by atoms with Crippen molar-refractivity contribution in [1.82, 2.24) is 0 Å². The van der Waals surface area contributed by atoms with Gasteiger partial charge in [0.05, 0.1) is 19.3 Å². The Morgan fingerprint density at radius 1 is 0.952 bits per heavy atom. The number of carbonyl (C=O) groups excluding carboxylic acids is 1. The van der Waals surface area contributed by atoms with E-state index in [4.69, 9.17) is 23.4 Å². The summed E-state index contributed by atoms with van der Waals surface area (Å²) in [4.78, 5) is 12.0. The molecule has 0 saturated carbocycles. The lowest BCUT2D eigenvalue weighted by Crippen LogP contribution is -2.40. The van der Waals surface area contributed by atoms with Gasteiger partial charge in [-0.3, -0.25) is 0 Å². The number of hydrogen-bond acceptors (Lipinski definition) is 6. The average Bonchev–Trinajstić information content (AvgIpc) is 2.96. The number of rotatable bonds is 16. The predicted octanol–water partition coefficient (Wildman–Crippen LogP) is 9.03. The van der Waals surface area contributed by atoms with E-state index in [-0.39, 0.29) is 29.1 Å². The first-order valence-corrected chi connectivity index (χ1v) is 18.5. The third-order valence-electron chi connectivity index (χ3n) is 9.37. The summed E-state index contributed by atoms with van der Waals surface area (Å²) in [6.07, 6.45) is 9.67. The van der Waals surface area contributed by atoms with Gasteiger partial charge in [-0.05, 0) is 60.3 Å². The number of esters is 1. The van der Waals surface area contributed by atoms with E-state index >= 15 is 0 Å². The van der Waals surface area contributed by atoms with Crippen molar-refractivity contribution >= 4 is 14.3 Å². The van der Waals surface area contributed by atoms with Crippen LogP contribution in [-0.4, -0.2) is 48.5 Å². The molecule has 7 heteroatoms. The SMILES string of the molecule is COCOc1ccc2c(c1)OCC(C)(c1ccc(C(=O)OC)cc1)C2CCCCCCCCCO[Si](C)(C)C(C)(C)C. The highest BCUT2D eigenvalue weighted by molar-refractivity contribution is 6.74. The van der Waals surface area contributed by atoms with Crippen molar-refractivity contribution in [2.24, 2.45) is 0 Å². The molecule has 3 rings (SSSR count). The van der Waals surface area contributed by atoms with Crippen LogP contribution in [-0.2, 0) is 19.3 Å². The molecule has 0 radical (unpaired) electrons. The number of carbonyl (C=O) groups is 1. The summed E-state index contributed by atoms with van der Waals surface area (Å²) >= 11 is 0. The van der Waals surface area contributed by atoms with E-state index in [1.807, 2.05) is 24.3 Å². The highest BCUT2D eigenvalue weighted by Crippen LogP contribution is 2.49. The maximum Gasteiger partial charge on any atom is 0.337 e. The van der Waals surface area contributed by atoms with Crippen LogP contribution >= 0.6 is 0 Å². The van der Waals surface area contributed by atoms with Gasteiger partial charge in [0.15, 0.2) is 15.1 Å². The molecule has 6 nitrogen and oxygen atoms in total. The zero-order valence-corrected chi connectivity index (χ0v) is 28.3. The molecule has 2 atom stereocenters. The summed E-state index contributed by atoms with van der Waals surface area (Å²) in [5.74, 6) is 1.60. The Bertz CT molecular complexity index is 1120. The quantitative estimate of drug-likeness (QED) is 0.0831. The summed E-state index contributed by atoms with van der Waals surface area (Å²) in [6.45, 7) is 15.5. The number of fused-ring (bicyclic) bond motifs is 1. The molecule has 0 aromatic heterocycles. The second-order valence-electron chi connectivity index (χ2n) is 13.5. The van der Waals surface area contributed by atoms with Crippen LogP contribution in [0.1, 0.15) is 106 Å². The van der Waals surface area contributed by atoms with Gasteiger partial charge in [0, 0.05) is 31.1 Å². The van der Waals surface area contributed by atoms with Crippen molar-refractivity contribution in [2.45, 2.75) is 109 Å². The van der Waals surface area contributed by atoms with E-state index in [1.54, 1.807) is 7.11 Å². The Kier molecular flexibility index (Phi) is 12.5. The monoisotopic (exact) mass is 598 g/mol. The molecule has 2 aromatic carbocycles. The normalized spacial score (nSPS) is 18.7. The molecule has 0 fully saturated rings. The topological polar surface area (TPSA) is 63.2 Å². The van der Waals surface area contributed by atoms with Crippen LogP contribution < -0.4 is 9.47 Å². The van der Waals surface area contributed by atoms with Gasteiger partial charge in [0.2, 0.25) is 0 Å². The molecule has 0 spiro atoms. The summed E-state index contributed by atoms with van der Waals surface area (Å²) in [7, 11) is 1.40. The number of ether oxygens (including phenoxy) is 4. The van der Waals surface area contributed by atoms with Crippen molar-refractivity contribution in [3.05, 3.63) is 59.2 Å². The van der Waals surface area contributed by atoms with E-state index in [0.717, 1.165) is 37.4 Å². The zero-order valence-electron chi connectivity index (χ0n) is 27.3. The zero-order chi connectivity index (χ0) is 30.8. The lowest BCUT2D eigenvalue weighted by molar-refractivity contribution is 0.0506. The highest BCUT2D eigenvalue weighted by atomic mass is 28.4. The first-order chi connectivity index (χ1) is 19.9. The highest BCUT2D eigenvalue weighted by Gasteiger charge is 2.42. The maximum absolute atomic E-state index is 12.0. The standard InChI is InChI=1S/C35H54O6Si/c1-34(2,3)42(7,8)41-23-15-13-11-9-10-12-14-16-31-30-22-21-29(40-26-37-5)24-32(30)39-25-35(31,4)28-19-17-27(18-20-28)33(36)38-6/h17-22,24,31H,9-16,23,25-26H2,1-8H3. The molecule has 1 aliphatic rings. The van der Waals surface area contributed by atoms with E-state index < -0.39 is 8.32 Å². The van der Waals surface area contributed by atoms with Crippen LogP contribution in [0.4, 0.5) is 0 Å². The van der Waals surface area contributed by atoms with Crippen molar-refractivity contribution in [3.63, 3.8) is 0 Å². The minimum Gasteiger partial charge on any atom is -0.492 e. The van der Waals surface area contributed by atoms with Gasteiger partial charge >= 0.3 is 5.97 Å². The molecule has 234 valence electrons. The largest absolute Gasteiger partial charge is 0.492 e. The Morgan fingerprint density at radius 3 is 2.21 bits per heavy atom. The Hall–Kier alpha value is -2.35. The molecule has 0 bridgehead atoms. The molecule has 0 N–H and O–H groups in total. The number of hydrogen-bond donors (Lipinski definition) is 0. The van der Waals surface area contributed by atoms with Crippen LogP contribution in [0.25, 0.3) is 0 Å². The van der Waals surface area contributed by atoms with Crippen molar-refractivity contribution in [1.29, 1.82) is 0 Å². The van der Waals surface area contributed by atoms with Gasteiger partial charge in [-0.2, -0.15) is 0 Å². The van der Waals surface area contributed by atoms with Gasteiger partial charge in [0.1, 0.15) is 11.5 Å². The number of benzene rings is 2. The van der Waals surface area contributed by atoms with E-state index in [0.29, 0.717) is 12.2 Å². The van der Waals surface area contributed by atoms with Gasteiger partial charge in [-0.15, -0.1) is 0 Å². The summed E-state index contributed by atoms with van der Waals surface area (Å²) in [5.41, 5.74) is 2.73. The second kappa shape index (κ2) is 15.4. The van der Waals surface area contributed by atoms with Gasteiger partial charge in [-0.1, -0.05) is 84.4 Å². The molecule has 1 heterocycles. The van der Waals surface area contributed by atoms with Crippen LogP contribution in [0.3, 0.4) is 0 Å². The molecule has 2 aromatic rings. The first kappa shape index (κ1) is 34.1. The average molecular weight is 599 g/mol. The smallest absolute Gasteiger partial charge is 0.337 e. The Balaban J connectivity index is 1.58. The Labute approximate surface area is 255 Å². The summed E-state index contributed by atoms with van der Waals surface area (Å²) < 4.78 is 28.3. The molecule has 1 aliphatic heterocycles. The third kappa shape index (κ3) is 8.84. The third-order valence-corrected chi connectivity index (χ3v) is 13.9. The van der Waals surface area contributed by atoms with Crippen LogP contribution in [0, 0.1) is 0 Å². The minimum atomic E-state index is -1.63.